The number of carbonyl (C=O) groups excluding carboxylic acids is 1. The molecule has 0 bridgehead atoms. The van der Waals surface area contributed by atoms with Gasteiger partial charge in [0.1, 0.15) is 0 Å². The molecular formula is C23H15ClN4O3S2. The lowest BCUT2D eigenvalue weighted by Crippen LogP contribution is -2.15. The zero-order valence-corrected chi connectivity index (χ0v) is 19.2. The summed E-state index contributed by atoms with van der Waals surface area (Å²) in [5, 5.41) is 14.3. The van der Waals surface area contributed by atoms with Crippen molar-refractivity contribution in [1.82, 2.24) is 4.98 Å². The van der Waals surface area contributed by atoms with Crippen molar-refractivity contribution in [3.63, 3.8) is 0 Å². The standard InChI is InChI=1S/C23H15ClN4O3S2/c24-18-8-10-20(11-9-18)33(30,31)28-19-3-1-2-17(12-19)22(29)27-23-26-21(14-32-23)16-6-4-15(13-25)5-7-16/h1-12,14,28H,(H,26,27,29). The van der Waals surface area contributed by atoms with Gasteiger partial charge < -0.3 is 0 Å². The van der Waals surface area contributed by atoms with Gasteiger partial charge in [-0.25, -0.2) is 13.4 Å². The van der Waals surface area contributed by atoms with Gasteiger partial charge in [-0.3, -0.25) is 14.8 Å². The number of hydrogen-bond donors (Lipinski definition) is 2. The van der Waals surface area contributed by atoms with Crippen LogP contribution in [0, 0.1) is 11.3 Å². The van der Waals surface area contributed by atoms with Crippen LogP contribution in [-0.4, -0.2) is 19.3 Å². The van der Waals surface area contributed by atoms with Crippen LogP contribution in [0.25, 0.3) is 11.3 Å². The smallest absolute Gasteiger partial charge is 0.261 e. The minimum atomic E-state index is -3.83. The molecule has 4 rings (SSSR count). The molecule has 4 aromatic rings. The molecule has 0 fully saturated rings. The fraction of sp³-hybridized carbons (Fsp3) is 0. The summed E-state index contributed by atoms with van der Waals surface area (Å²) in [7, 11) is -3.83. The first-order valence-electron chi connectivity index (χ1n) is 9.50. The topological polar surface area (TPSA) is 112 Å². The van der Waals surface area contributed by atoms with Crippen molar-refractivity contribution >= 4 is 49.7 Å². The lowest BCUT2D eigenvalue weighted by molar-refractivity contribution is 0.102. The van der Waals surface area contributed by atoms with Gasteiger partial charge in [0.15, 0.2) is 5.13 Å². The molecule has 33 heavy (non-hydrogen) atoms. The molecule has 0 atom stereocenters. The SMILES string of the molecule is N#Cc1ccc(-c2csc(NC(=O)c3cccc(NS(=O)(=O)c4ccc(Cl)cc4)c3)n2)cc1. The van der Waals surface area contributed by atoms with E-state index in [2.05, 4.69) is 21.1 Å². The summed E-state index contributed by atoms with van der Waals surface area (Å²) in [5.74, 6) is -0.428. The van der Waals surface area contributed by atoms with Gasteiger partial charge in [-0.2, -0.15) is 5.26 Å². The summed E-state index contributed by atoms with van der Waals surface area (Å²) in [5.41, 5.74) is 2.55. The highest BCUT2D eigenvalue weighted by molar-refractivity contribution is 7.92. The molecule has 1 heterocycles. The first kappa shape index (κ1) is 22.5. The normalized spacial score (nSPS) is 10.9. The van der Waals surface area contributed by atoms with Gasteiger partial charge in [0.05, 0.1) is 22.2 Å². The third-order valence-corrected chi connectivity index (χ3v) is 6.94. The number of amides is 1. The Bertz CT molecular complexity index is 1460. The van der Waals surface area contributed by atoms with E-state index < -0.39 is 15.9 Å². The number of nitrogens with zero attached hydrogens (tertiary/aromatic N) is 2. The second kappa shape index (κ2) is 9.42. The van der Waals surface area contributed by atoms with Crippen LogP contribution in [-0.2, 0) is 10.0 Å². The number of thiazole rings is 1. The Morgan fingerprint density at radius 2 is 1.76 bits per heavy atom. The molecule has 0 aliphatic rings. The molecule has 1 aromatic heterocycles. The Morgan fingerprint density at radius 1 is 1.03 bits per heavy atom. The number of rotatable bonds is 6. The van der Waals surface area contributed by atoms with Crippen molar-refractivity contribution in [2.75, 3.05) is 10.0 Å². The minimum absolute atomic E-state index is 0.0554. The van der Waals surface area contributed by atoms with Crippen molar-refractivity contribution in [3.8, 4) is 17.3 Å². The highest BCUT2D eigenvalue weighted by Gasteiger charge is 2.16. The van der Waals surface area contributed by atoms with Gasteiger partial charge in [0, 0.05) is 27.2 Å². The number of halogens is 1. The zero-order chi connectivity index (χ0) is 23.4. The lowest BCUT2D eigenvalue weighted by atomic mass is 10.1. The molecular weight excluding hydrogens is 480 g/mol. The largest absolute Gasteiger partial charge is 0.298 e. The number of hydrogen-bond acceptors (Lipinski definition) is 6. The number of anilines is 2. The molecule has 10 heteroatoms. The number of aromatic nitrogens is 1. The first-order chi connectivity index (χ1) is 15.8. The molecule has 0 spiro atoms. The summed E-state index contributed by atoms with van der Waals surface area (Å²) in [6.45, 7) is 0. The average molecular weight is 495 g/mol. The monoisotopic (exact) mass is 494 g/mol. The third-order valence-electron chi connectivity index (χ3n) is 4.54. The van der Waals surface area contributed by atoms with Crippen LogP contribution in [0.5, 0.6) is 0 Å². The Labute approximate surface area is 199 Å². The maximum absolute atomic E-state index is 12.7. The lowest BCUT2D eigenvalue weighted by Gasteiger charge is -2.09. The van der Waals surface area contributed by atoms with Crippen molar-refractivity contribution < 1.29 is 13.2 Å². The van der Waals surface area contributed by atoms with Crippen LogP contribution >= 0.6 is 22.9 Å². The van der Waals surface area contributed by atoms with Crippen LogP contribution in [0.15, 0.2) is 83.1 Å². The Balaban J connectivity index is 1.47. The van der Waals surface area contributed by atoms with Crippen molar-refractivity contribution in [2.45, 2.75) is 4.90 Å². The van der Waals surface area contributed by atoms with Crippen molar-refractivity contribution in [3.05, 3.63) is 94.3 Å². The fourth-order valence-electron chi connectivity index (χ4n) is 2.90. The fourth-order valence-corrected chi connectivity index (χ4v) is 4.79. The number of nitriles is 1. The third kappa shape index (κ3) is 5.38. The van der Waals surface area contributed by atoms with Gasteiger partial charge in [-0.1, -0.05) is 29.8 Å². The van der Waals surface area contributed by atoms with E-state index in [9.17, 15) is 13.2 Å². The van der Waals surface area contributed by atoms with E-state index in [1.165, 1.54) is 41.7 Å². The molecule has 3 aromatic carbocycles. The van der Waals surface area contributed by atoms with Gasteiger partial charge >= 0.3 is 0 Å². The molecule has 164 valence electrons. The molecule has 2 N–H and O–H groups in total. The second-order valence-corrected chi connectivity index (χ2v) is 9.80. The summed E-state index contributed by atoms with van der Waals surface area (Å²) in [4.78, 5) is 17.2. The molecule has 0 radical (unpaired) electrons. The zero-order valence-electron chi connectivity index (χ0n) is 16.8. The maximum atomic E-state index is 12.7. The Hall–Kier alpha value is -3.71. The maximum Gasteiger partial charge on any atom is 0.261 e. The number of benzene rings is 3. The first-order valence-corrected chi connectivity index (χ1v) is 12.2. The molecule has 7 nitrogen and oxygen atoms in total. The summed E-state index contributed by atoms with van der Waals surface area (Å²) < 4.78 is 27.6. The highest BCUT2D eigenvalue weighted by Crippen LogP contribution is 2.26. The predicted molar refractivity (Wildman–Crippen MR) is 129 cm³/mol. The van der Waals surface area contributed by atoms with E-state index >= 15 is 0 Å². The van der Waals surface area contributed by atoms with Crippen LogP contribution in [0.4, 0.5) is 10.8 Å². The molecule has 0 unspecified atom stereocenters. The van der Waals surface area contributed by atoms with E-state index in [1.807, 2.05) is 0 Å². The van der Waals surface area contributed by atoms with Crippen molar-refractivity contribution in [1.29, 1.82) is 5.26 Å². The quantitative estimate of drug-likeness (QED) is 0.373. The number of nitrogens with one attached hydrogen (secondary N) is 2. The van der Waals surface area contributed by atoms with E-state index in [1.54, 1.807) is 47.8 Å². The summed E-state index contributed by atoms with van der Waals surface area (Å²) >= 11 is 7.08. The van der Waals surface area contributed by atoms with Crippen molar-refractivity contribution in [2.24, 2.45) is 0 Å². The van der Waals surface area contributed by atoms with Crippen LogP contribution < -0.4 is 10.0 Å². The van der Waals surface area contributed by atoms with E-state index in [0.717, 1.165) is 5.56 Å². The van der Waals surface area contributed by atoms with E-state index in [4.69, 9.17) is 16.9 Å². The average Bonchev–Trinajstić information content (AvgIpc) is 3.28. The van der Waals surface area contributed by atoms with Gasteiger partial charge in [0.25, 0.3) is 15.9 Å². The molecule has 0 aliphatic carbocycles. The molecule has 1 amide bonds. The highest BCUT2D eigenvalue weighted by atomic mass is 35.5. The van der Waals surface area contributed by atoms with E-state index in [0.29, 0.717) is 21.4 Å². The molecule has 0 saturated carbocycles. The van der Waals surface area contributed by atoms with Gasteiger partial charge in [-0.15, -0.1) is 11.3 Å². The van der Waals surface area contributed by atoms with Crippen LogP contribution in [0.2, 0.25) is 5.02 Å². The van der Waals surface area contributed by atoms with Gasteiger partial charge in [0.2, 0.25) is 0 Å². The second-order valence-electron chi connectivity index (χ2n) is 6.82. The molecule has 0 saturated heterocycles. The summed E-state index contributed by atoms with van der Waals surface area (Å²) in [6.07, 6.45) is 0. The summed E-state index contributed by atoms with van der Waals surface area (Å²) in [6, 6.07) is 21.0. The van der Waals surface area contributed by atoms with Gasteiger partial charge in [-0.05, 0) is 54.6 Å². The van der Waals surface area contributed by atoms with Crippen LogP contribution in [0.3, 0.4) is 0 Å². The minimum Gasteiger partial charge on any atom is -0.298 e. The predicted octanol–water partition coefficient (Wildman–Crippen LogP) is 5.39. The van der Waals surface area contributed by atoms with Crippen LogP contribution in [0.1, 0.15) is 15.9 Å². The number of sulfonamides is 1. The Morgan fingerprint density at radius 3 is 2.45 bits per heavy atom. The van der Waals surface area contributed by atoms with E-state index in [-0.39, 0.29) is 16.1 Å². The Kier molecular flexibility index (Phi) is 6.42. The number of carbonyl (C=O) groups is 1. The molecule has 0 aliphatic heterocycles.